The second kappa shape index (κ2) is 15.7. The molecule has 0 saturated carbocycles. The largest absolute Gasteiger partial charge is 0.507 e. The molecular formula is C52H60O8. The second-order valence-corrected chi connectivity index (χ2v) is 20.1. The number of allylic oxidation sites excluding steroid dienone is 4. The quantitative estimate of drug-likeness (QED) is 0.208. The Morgan fingerprint density at radius 1 is 0.400 bits per heavy atom. The van der Waals surface area contributed by atoms with Gasteiger partial charge in [0, 0.05) is 44.5 Å². The van der Waals surface area contributed by atoms with E-state index in [2.05, 4.69) is 0 Å². The highest BCUT2D eigenvalue weighted by molar-refractivity contribution is 6.41. The third-order valence-corrected chi connectivity index (χ3v) is 11.1. The standard InChI is InChI=1S/2C26H30O4/c1-14-9-10-16-17(11-14)21(27)20(24(30-8)22(16)28)15-12-18(25(2,3)4)23(29)19(13-15)26(5,6)7;1-14-9-10-16-17(11-14)22(28)24(30-8)20(21(16)27)15-12-18(25(2,3)4)23(29)19(13-15)26(5,6)7/h2*9-13,29H,1-8H3. The van der Waals surface area contributed by atoms with Crippen LogP contribution >= 0.6 is 0 Å². The van der Waals surface area contributed by atoms with Gasteiger partial charge in [0.1, 0.15) is 11.5 Å². The summed E-state index contributed by atoms with van der Waals surface area (Å²) in [7, 11) is 2.83. The number of fused-ring (bicyclic) bond motifs is 2. The summed E-state index contributed by atoms with van der Waals surface area (Å²) in [5.74, 6) is -0.543. The number of aromatic hydroxyl groups is 2. The predicted molar refractivity (Wildman–Crippen MR) is 239 cm³/mol. The molecule has 0 atom stereocenters. The minimum Gasteiger partial charge on any atom is -0.507 e. The number of carbonyl (C=O) groups excluding carboxylic acids is 4. The van der Waals surface area contributed by atoms with E-state index in [0.29, 0.717) is 33.4 Å². The maximum absolute atomic E-state index is 13.5. The van der Waals surface area contributed by atoms with Crippen molar-refractivity contribution in [2.24, 2.45) is 0 Å². The number of hydrogen-bond donors (Lipinski definition) is 2. The first kappa shape index (κ1) is 45.3. The number of methoxy groups -OCH3 is 2. The van der Waals surface area contributed by atoms with Gasteiger partial charge in [-0.15, -0.1) is 0 Å². The number of rotatable bonds is 4. The van der Waals surface area contributed by atoms with E-state index in [-0.39, 0.29) is 79.0 Å². The number of hydrogen-bond acceptors (Lipinski definition) is 8. The monoisotopic (exact) mass is 812 g/mol. The van der Waals surface area contributed by atoms with Gasteiger partial charge in [0.25, 0.3) is 0 Å². The van der Waals surface area contributed by atoms with Gasteiger partial charge in [0.05, 0.1) is 25.4 Å². The third kappa shape index (κ3) is 8.34. The maximum atomic E-state index is 13.5. The molecule has 0 unspecified atom stereocenters. The fraction of sp³-hybridized carbons (Fsp3) is 0.385. The minimum atomic E-state index is -0.357. The van der Waals surface area contributed by atoms with Crippen molar-refractivity contribution in [3.8, 4) is 11.5 Å². The zero-order valence-corrected chi connectivity index (χ0v) is 38.1. The van der Waals surface area contributed by atoms with E-state index in [0.717, 1.165) is 33.4 Å². The smallest absolute Gasteiger partial charge is 0.229 e. The van der Waals surface area contributed by atoms with Crippen LogP contribution in [0.4, 0.5) is 0 Å². The first-order chi connectivity index (χ1) is 27.5. The fourth-order valence-electron chi connectivity index (χ4n) is 7.79. The summed E-state index contributed by atoms with van der Waals surface area (Å²) in [6.07, 6.45) is 0. The van der Waals surface area contributed by atoms with Gasteiger partial charge in [-0.1, -0.05) is 112 Å². The van der Waals surface area contributed by atoms with Crippen LogP contribution in [0.3, 0.4) is 0 Å². The fourth-order valence-corrected chi connectivity index (χ4v) is 7.79. The Kier molecular flexibility index (Phi) is 11.9. The van der Waals surface area contributed by atoms with Gasteiger partial charge >= 0.3 is 0 Å². The molecule has 2 aliphatic carbocycles. The topological polar surface area (TPSA) is 127 Å². The molecule has 0 aromatic heterocycles. The third-order valence-electron chi connectivity index (χ3n) is 11.1. The molecule has 0 aliphatic heterocycles. The zero-order valence-electron chi connectivity index (χ0n) is 38.1. The van der Waals surface area contributed by atoms with Crippen LogP contribution in [0.1, 0.15) is 169 Å². The second-order valence-electron chi connectivity index (χ2n) is 20.1. The number of phenolic OH excluding ortho intramolecular Hbond substituents is 2. The molecule has 2 aliphatic rings. The molecule has 0 saturated heterocycles. The highest BCUT2D eigenvalue weighted by atomic mass is 16.5. The van der Waals surface area contributed by atoms with Gasteiger partial charge in [-0.25, -0.2) is 0 Å². The van der Waals surface area contributed by atoms with Gasteiger partial charge in [0.2, 0.25) is 11.6 Å². The van der Waals surface area contributed by atoms with E-state index in [1.807, 2.05) is 133 Å². The molecule has 0 heterocycles. The Labute approximate surface area is 355 Å². The summed E-state index contributed by atoms with van der Waals surface area (Å²) in [6.45, 7) is 27.9. The van der Waals surface area contributed by atoms with E-state index in [4.69, 9.17) is 9.47 Å². The van der Waals surface area contributed by atoms with Crippen molar-refractivity contribution in [2.75, 3.05) is 14.2 Å². The number of Topliss-reactive ketones (excluding diaryl/α,β-unsaturated/α-hetero) is 4. The minimum absolute atomic E-state index is 0.0433. The van der Waals surface area contributed by atoms with Crippen LogP contribution in [0.25, 0.3) is 11.1 Å². The summed E-state index contributed by atoms with van der Waals surface area (Å²) >= 11 is 0. The summed E-state index contributed by atoms with van der Waals surface area (Å²) in [5.41, 5.74) is 6.45. The van der Waals surface area contributed by atoms with E-state index < -0.39 is 0 Å². The number of ketones is 4. The molecule has 0 bridgehead atoms. The number of carbonyl (C=O) groups is 4. The summed E-state index contributed by atoms with van der Waals surface area (Å²) in [5, 5.41) is 22.0. The number of benzene rings is 4. The average Bonchev–Trinajstić information content (AvgIpc) is 3.13. The van der Waals surface area contributed by atoms with Gasteiger partial charge in [-0.2, -0.15) is 0 Å². The van der Waals surface area contributed by atoms with Gasteiger partial charge < -0.3 is 19.7 Å². The summed E-state index contributed by atoms with van der Waals surface area (Å²) in [6, 6.07) is 17.7. The number of phenols is 2. The van der Waals surface area contributed by atoms with Gasteiger partial charge in [-0.3, -0.25) is 19.2 Å². The van der Waals surface area contributed by atoms with E-state index in [9.17, 15) is 29.4 Å². The molecule has 2 N–H and O–H groups in total. The van der Waals surface area contributed by atoms with E-state index in [1.54, 1.807) is 24.3 Å². The van der Waals surface area contributed by atoms with Crippen LogP contribution in [0.15, 0.2) is 72.2 Å². The van der Waals surface area contributed by atoms with Crippen molar-refractivity contribution >= 4 is 34.3 Å². The molecule has 0 amide bonds. The molecule has 316 valence electrons. The SMILES string of the molecule is COC1=C(c2cc(C(C)(C)C)c(O)c(C(C)(C)C)c2)C(=O)c2cc(C)ccc2C1=O.COC1=C(c2cc(C(C)(C)C)c(O)c(C(C)(C)C)c2)C(=O)c2ccc(C)cc2C1=O. The lowest BCUT2D eigenvalue weighted by molar-refractivity contribution is 0.0923. The predicted octanol–water partition coefficient (Wildman–Crippen LogP) is 11.5. The molecule has 0 radical (unpaired) electrons. The molecule has 0 spiro atoms. The van der Waals surface area contributed by atoms with Crippen LogP contribution in [-0.2, 0) is 31.1 Å². The van der Waals surface area contributed by atoms with Crippen molar-refractivity contribution in [1.82, 2.24) is 0 Å². The molecule has 60 heavy (non-hydrogen) atoms. The first-order valence-electron chi connectivity index (χ1n) is 20.3. The Morgan fingerprint density at radius 2 is 0.667 bits per heavy atom. The molecule has 8 nitrogen and oxygen atoms in total. The molecular weight excluding hydrogens is 753 g/mol. The first-order valence-corrected chi connectivity index (χ1v) is 20.3. The average molecular weight is 813 g/mol. The summed E-state index contributed by atoms with van der Waals surface area (Å²) in [4.78, 5) is 53.3. The van der Waals surface area contributed by atoms with E-state index >= 15 is 0 Å². The van der Waals surface area contributed by atoms with Crippen LogP contribution in [0, 0.1) is 13.8 Å². The van der Waals surface area contributed by atoms with Crippen LogP contribution in [0.2, 0.25) is 0 Å². The van der Waals surface area contributed by atoms with Crippen LogP contribution < -0.4 is 0 Å². The van der Waals surface area contributed by atoms with Crippen LogP contribution in [-0.4, -0.2) is 47.6 Å². The highest BCUT2D eigenvalue weighted by Gasteiger charge is 2.38. The zero-order chi connectivity index (χ0) is 45.2. The van der Waals surface area contributed by atoms with Crippen LogP contribution in [0.5, 0.6) is 11.5 Å². The van der Waals surface area contributed by atoms with Gasteiger partial charge in [0.15, 0.2) is 23.1 Å². The number of aryl methyl sites for hydroxylation is 2. The van der Waals surface area contributed by atoms with Crippen molar-refractivity contribution < 1.29 is 38.9 Å². The van der Waals surface area contributed by atoms with Crippen molar-refractivity contribution in [2.45, 2.75) is 119 Å². The Balaban J connectivity index is 0.000000228. The maximum Gasteiger partial charge on any atom is 0.229 e. The molecule has 8 heteroatoms. The molecule has 4 aromatic carbocycles. The molecule has 0 fully saturated rings. The Bertz CT molecular complexity index is 2460. The van der Waals surface area contributed by atoms with Crippen molar-refractivity contribution in [3.63, 3.8) is 0 Å². The Hall–Kier alpha value is -5.76. The lowest BCUT2D eigenvalue weighted by Crippen LogP contribution is -2.24. The lowest BCUT2D eigenvalue weighted by atomic mass is 9.76. The normalized spacial score (nSPS) is 14.8. The molecule has 4 aromatic rings. The highest BCUT2D eigenvalue weighted by Crippen LogP contribution is 2.45. The molecule has 6 rings (SSSR count). The van der Waals surface area contributed by atoms with E-state index in [1.165, 1.54) is 14.2 Å². The summed E-state index contributed by atoms with van der Waals surface area (Å²) < 4.78 is 10.9. The lowest BCUT2D eigenvalue weighted by Gasteiger charge is -2.29. The number of ether oxygens (including phenoxy) is 2. The van der Waals surface area contributed by atoms with Crippen molar-refractivity contribution in [3.05, 3.63) is 139 Å². The van der Waals surface area contributed by atoms with Gasteiger partial charge in [-0.05, 0) is 89.1 Å². The van der Waals surface area contributed by atoms with Crippen molar-refractivity contribution in [1.29, 1.82) is 0 Å². The Morgan fingerprint density at radius 3 is 0.967 bits per heavy atom.